The second-order valence-corrected chi connectivity index (χ2v) is 7.61. The molecule has 0 N–H and O–H groups in total. The molecular formula is C25H40O9. The monoisotopic (exact) mass is 484 g/mol. The molecule has 0 saturated carbocycles. The molecule has 0 aliphatic rings. The van der Waals surface area contributed by atoms with Crippen LogP contribution >= 0.6 is 0 Å². The Bertz CT molecular complexity index is 628. The highest BCUT2D eigenvalue weighted by Gasteiger charge is 1.96. The van der Waals surface area contributed by atoms with Gasteiger partial charge in [0.05, 0.1) is 0 Å². The van der Waals surface area contributed by atoms with Gasteiger partial charge in [0.1, 0.15) is 36.3 Å². The lowest BCUT2D eigenvalue weighted by atomic mass is 10.1. The molecule has 9 nitrogen and oxygen atoms in total. The zero-order valence-electron chi connectivity index (χ0n) is 21.8. The van der Waals surface area contributed by atoms with Gasteiger partial charge in [-0.1, -0.05) is 0 Å². The second-order valence-electron chi connectivity index (χ2n) is 7.61. The third-order valence-corrected chi connectivity index (χ3v) is 3.05. The normalized spacial score (nSPS) is 9.18. The van der Waals surface area contributed by atoms with Crippen molar-refractivity contribution in [2.24, 2.45) is 0 Å². The largest absolute Gasteiger partial charge is 0.366 e. The van der Waals surface area contributed by atoms with Gasteiger partial charge in [-0.05, 0) is 74.0 Å². The summed E-state index contributed by atoms with van der Waals surface area (Å²) in [4.78, 5) is 81.6. The minimum atomic E-state index is -0.0970. The Morgan fingerprint density at radius 3 is 0.882 bits per heavy atom. The maximum Gasteiger partial charge on any atom is 0.155 e. The van der Waals surface area contributed by atoms with E-state index in [1.54, 1.807) is 13.8 Å². The molecule has 0 saturated heterocycles. The Balaban J connectivity index is -0.000000177. The summed E-state index contributed by atoms with van der Waals surface area (Å²) in [7, 11) is 0. The summed E-state index contributed by atoms with van der Waals surface area (Å²) >= 11 is 0. The van der Waals surface area contributed by atoms with Crippen LogP contribution in [0, 0.1) is 0 Å². The minimum Gasteiger partial charge on any atom is -0.366 e. The van der Waals surface area contributed by atoms with Crippen molar-refractivity contribution in [3.63, 3.8) is 0 Å². The van der Waals surface area contributed by atoms with Crippen LogP contribution in [0.15, 0.2) is 12.2 Å². The number of hydrogen-bond acceptors (Lipinski definition) is 9. The summed E-state index contributed by atoms with van der Waals surface area (Å²) < 4.78 is 4.66. The van der Waals surface area contributed by atoms with Gasteiger partial charge in [0.25, 0.3) is 0 Å². The van der Waals surface area contributed by atoms with E-state index in [-0.39, 0.29) is 59.5 Å². The van der Waals surface area contributed by atoms with Crippen molar-refractivity contribution >= 4 is 46.3 Å². The average Bonchev–Trinajstić information content (AvgIpc) is 2.65. The number of hydrogen-bond donors (Lipinski definition) is 0. The average molecular weight is 485 g/mol. The van der Waals surface area contributed by atoms with Gasteiger partial charge in [0.2, 0.25) is 0 Å². The fourth-order valence-corrected chi connectivity index (χ4v) is 1.51. The molecule has 0 aliphatic carbocycles. The molecular weight excluding hydrogens is 444 g/mol. The standard InChI is InChI=1S/C7H12O2.C6H10O3.C6H10O2.C6H8O2/c1-6(8)4-3-5-7(2)9;1-5(7)3-9-4-6(2)8;2*1-5(7)3-4-6(2)8/h3-5H2,1-2H3;3-4H2,1-2H3;3-4H2,1-2H3;3-4H,1-2H3/b;;;4-3+. The molecule has 0 aromatic rings. The van der Waals surface area contributed by atoms with Crippen molar-refractivity contribution in [1.82, 2.24) is 0 Å². The van der Waals surface area contributed by atoms with Gasteiger partial charge in [-0.15, -0.1) is 0 Å². The molecule has 0 rings (SSSR count). The molecule has 0 amide bonds. The van der Waals surface area contributed by atoms with Crippen molar-refractivity contribution in [2.75, 3.05) is 13.2 Å². The van der Waals surface area contributed by atoms with Crippen LogP contribution < -0.4 is 0 Å². The van der Waals surface area contributed by atoms with E-state index in [2.05, 4.69) is 4.74 Å². The fourth-order valence-electron chi connectivity index (χ4n) is 1.51. The molecule has 0 bridgehead atoms. The van der Waals surface area contributed by atoms with Crippen molar-refractivity contribution in [2.45, 2.75) is 87.5 Å². The molecule has 0 atom stereocenters. The number of allylic oxidation sites excluding steroid dienone is 2. The molecule has 0 heterocycles. The summed E-state index contributed by atoms with van der Waals surface area (Å²) in [5.41, 5.74) is 0. The van der Waals surface area contributed by atoms with Crippen molar-refractivity contribution < 1.29 is 43.1 Å². The van der Waals surface area contributed by atoms with Crippen LogP contribution in [0.1, 0.15) is 87.5 Å². The number of rotatable bonds is 13. The van der Waals surface area contributed by atoms with Gasteiger partial charge in [-0.2, -0.15) is 0 Å². The Kier molecular flexibility index (Phi) is 29.7. The predicted octanol–water partition coefficient (Wildman–Crippen LogP) is 3.18. The van der Waals surface area contributed by atoms with Crippen LogP contribution in [0.3, 0.4) is 0 Å². The zero-order chi connectivity index (χ0) is 27.7. The highest BCUT2D eigenvalue weighted by Crippen LogP contribution is 1.95. The predicted molar refractivity (Wildman–Crippen MR) is 128 cm³/mol. The lowest BCUT2D eigenvalue weighted by Gasteiger charge is -1.94. The molecule has 194 valence electrons. The number of ether oxygens (including phenoxy) is 1. The zero-order valence-corrected chi connectivity index (χ0v) is 21.8. The number of carbonyl (C=O) groups is 8. The Morgan fingerprint density at radius 2 is 0.706 bits per heavy atom. The van der Waals surface area contributed by atoms with Gasteiger partial charge in [0, 0.05) is 25.7 Å². The molecule has 0 radical (unpaired) electrons. The second kappa shape index (κ2) is 26.3. The van der Waals surface area contributed by atoms with Crippen molar-refractivity contribution in [3.8, 4) is 0 Å². The van der Waals surface area contributed by atoms with E-state index in [4.69, 9.17) is 0 Å². The van der Waals surface area contributed by atoms with E-state index in [0.717, 1.165) is 0 Å². The molecule has 0 spiro atoms. The van der Waals surface area contributed by atoms with E-state index in [0.29, 0.717) is 32.1 Å². The summed E-state index contributed by atoms with van der Waals surface area (Å²) in [5, 5.41) is 0. The topological polar surface area (TPSA) is 146 Å². The summed E-state index contributed by atoms with van der Waals surface area (Å²) in [6.45, 7) is 11.8. The van der Waals surface area contributed by atoms with Crippen LogP contribution in [-0.2, 0) is 43.1 Å². The fraction of sp³-hybridized carbons (Fsp3) is 0.600. The number of carbonyl (C=O) groups excluding carboxylic acids is 8. The van der Waals surface area contributed by atoms with Crippen LogP contribution in [0.5, 0.6) is 0 Å². The third kappa shape index (κ3) is 63.0. The van der Waals surface area contributed by atoms with Gasteiger partial charge in [-0.3, -0.25) is 19.2 Å². The number of Topliss-reactive ketones (excluding diaryl/α,β-unsaturated/α-hetero) is 6. The van der Waals surface area contributed by atoms with Crippen LogP contribution in [0.4, 0.5) is 0 Å². The van der Waals surface area contributed by atoms with E-state index in [9.17, 15) is 38.4 Å². The number of ketones is 8. The molecule has 0 fully saturated rings. The van der Waals surface area contributed by atoms with Gasteiger partial charge in [-0.25, -0.2) is 0 Å². The summed E-state index contributed by atoms with van der Waals surface area (Å²) in [5.74, 6) is 0.181. The first-order valence-electron chi connectivity index (χ1n) is 10.7. The summed E-state index contributed by atoms with van der Waals surface area (Å²) in [6.07, 6.45) is 5.10. The molecule has 0 unspecified atom stereocenters. The van der Waals surface area contributed by atoms with E-state index in [1.807, 2.05) is 0 Å². The maximum absolute atomic E-state index is 10.3. The quantitative estimate of drug-likeness (QED) is 0.360. The third-order valence-electron chi connectivity index (χ3n) is 3.05. The highest BCUT2D eigenvalue weighted by molar-refractivity contribution is 5.96. The molecule has 0 aromatic carbocycles. The SMILES string of the molecule is CC(=O)/C=C/C(C)=O.CC(=O)CCC(C)=O.CC(=O)CCCC(C)=O.CC(=O)COCC(C)=O. The van der Waals surface area contributed by atoms with Crippen molar-refractivity contribution in [1.29, 1.82) is 0 Å². The molecule has 0 aromatic heterocycles. The lowest BCUT2D eigenvalue weighted by molar-refractivity contribution is -0.126. The van der Waals surface area contributed by atoms with E-state index < -0.39 is 0 Å². The first kappa shape index (κ1) is 38.3. The first-order valence-corrected chi connectivity index (χ1v) is 10.7. The van der Waals surface area contributed by atoms with Gasteiger partial charge < -0.3 is 23.9 Å². The Morgan fingerprint density at radius 1 is 0.441 bits per heavy atom. The van der Waals surface area contributed by atoms with E-state index >= 15 is 0 Å². The van der Waals surface area contributed by atoms with Crippen LogP contribution in [0.25, 0.3) is 0 Å². The van der Waals surface area contributed by atoms with E-state index in [1.165, 1.54) is 53.7 Å². The molecule has 9 heteroatoms. The minimum absolute atomic E-state index is 0.0412. The lowest BCUT2D eigenvalue weighted by Crippen LogP contribution is -2.09. The maximum atomic E-state index is 10.3. The first-order chi connectivity index (χ1) is 15.5. The highest BCUT2D eigenvalue weighted by atomic mass is 16.5. The smallest absolute Gasteiger partial charge is 0.155 e. The van der Waals surface area contributed by atoms with Crippen molar-refractivity contribution in [3.05, 3.63) is 12.2 Å². The molecule has 0 aliphatic heterocycles. The van der Waals surface area contributed by atoms with Gasteiger partial charge in [0.15, 0.2) is 23.1 Å². The Labute approximate surface area is 202 Å². The molecule has 34 heavy (non-hydrogen) atoms. The van der Waals surface area contributed by atoms with Crippen LogP contribution in [0.2, 0.25) is 0 Å². The van der Waals surface area contributed by atoms with Gasteiger partial charge >= 0.3 is 0 Å². The Hall–Kier alpha value is -2.94. The van der Waals surface area contributed by atoms with Crippen LogP contribution in [-0.4, -0.2) is 59.5 Å². The summed E-state index contributed by atoms with van der Waals surface area (Å²) in [6, 6.07) is 0.